The molecule has 1 aliphatic rings. The van der Waals surface area contributed by atoms with Crippen molar-refractivity contribution in [2.75, 3.05) is 25.5 Å². The van der Waals surface area contributed by atoms with Crippen molar-refractivity contribution in [3.05, 3.63) is 23.8 Å². The van der Waals surface area contributed by atoms with Crippen molar-refractivity contribution in [1.29, 1.82) is 0 Å². The average Bonchev–Trinajstić information content (AvgIpc) is 2.39. The van der Waals surface area contributed by atoms with Gasteiger partial charge in [0.15, 0.2) is 12.0 Å². The van der Waals surface area contributed by atoms with Gasteiger partial charge in [0.25, 0.3) is 0 Å². The predicted molar refractivity (Wildman–Crippen MR) is 67.9 cm³/mol. The van der Waals surface area contributed by atoms with Crippen LogP contribution in [-0.4, -0.2) is 32.5 Å². The maximum absolute atomic E-state index is 10.9. The highest BCUT2D eigenvalue weighted by atomic mass is 16.5. The van der Waals surface area contributed by atoms with Gasteiger partial charge in [-0.15, -0.1) is 0 Å². The van der Waals surface area contributed by atoms with Gasteiger partial charge in [-0.05, 0) is 38.1 Å². The van der Waals surface area contributed by atoms with Gasteiger partial charge in [-0.1, -0.05) is 6.07 Å². The van der Waals surface area contributed by atoms with Crippen LogP contribution in [0.5, 0.6) is 5.75 Å². The van der Waals surface area contributed by atoms with Gasteiger partial charge in [0.1, 0.15) is 0 Å². The molecule has 0 aliphatic carbocycles. The molecule has 4 nitrogen and oxygen atoms in total. The van der Waals surface area contributed by atoms with Crippen LogP contribution >= 0.6 is 0 Å². The minimum atomic E-state index is 0.451. The first-order valence-electron chi connectivity index (χ1n) is 5.94. The van der Waals surface area contributed by atoms with Gasteiger partial charge in [0, 0.05) is 6.04 Å². The van der Waals surface area contributed by atoms with E-state index in [2.05, 4.69) is 10.6 Å². The van der Waals surface area contributed by atoms with Crippen molar-refractivity contribution < 1.29 is 9.53 Å². The first-order valence-corrected chi connectivity index (χ1v) is 5.94. The number of anilines is 1. The van der Waals surface area contributed by atoms with Crippen LogP contribution in [0.2, 0.25) is 0 Å². The van der Waals surface area contributed by atoms with Crippen molar-refractivity contribution in [2.45, 2.75) is 18.9 Å². The second-order valence-electron chi connectivity index (χ2n) is 4.21. The zero-order chi connectivity index (χ0) is 12.1. The molecule has 0 amide bonds. The molecule has 1 heterocycles. The Morgan fingerprint density at radius 1 is 1.41 bits per heavy atom. The monoisotopic (exact) mass is 234 g/mol. The summed E-state index contributed by atoms with van der Waals surface area (Å²) >= 11 is 0. The summed E-state index contributed by atoms with van der Waals surface area (Å²) in [7, 11) is 1.59. The van der Waals surface area contributed by atoms with E-state index in [1.807, 2.05) is 12.1 Å². The Balaban J connectivity index is 2.16. The molecule has 0 radical (unpaired) electrons. The smallest absolute Gasteiger partial charge is 0.153 e. The predicted octanol–water partition coefficient (Wildman–Crippen LogP) is 1.67. The molecule has 0 unspecified atom stereocenters. The molecule has 0 saturated carbocycles. The second-order valence-corrected chi connectivity index (χ2v) is 4.21. The number of hydrogen-bond acceptors (Lipinski definition) is 4. The van der Waals surface area contributed by atoms with E-state index in [4.69, 9.17) is 4.74 Å². The van der Waals surface area contributed by atoms with Crippen LogP contribution < -0.4 is 15.4 Å². The molecule has 2 rings (SSSR count). The Hall–Kier alpha value is -1.55. The van der Waals surface area contributed by atoms with Gasteiger partial charge < -0.3 is 15.4 Å². The number of para-hydroxylation sites is 1. The summed E-state index contributed by atoms with van der Waals surface area (Å²) in [5.74, 6) is 0.640. The van der Waals surface area contributed by atoms with Gasteiger partial charge in [0.05, 0.1) is 18.4 Å². The number of carbonyl (C=O) groups excluding carboxylic acids is 1. The Morgan fingerprint density at radius 3 is 2.82 bits per heavy atom. The maximum atomic E-state index is 10.9. The van der Waals surface area contributed by atoms with E-state index in [1.165, 1.54) is 0 Å². The highest BCUT2D eigenvalue weighted by Crippen LogP contribution is 2.29. The molecule has 1 fully saturated rings. The van der Waals surface area contributed by atoms with E-state index >= 15 is 0 Å². The Morgan fingerprint density at radius 2 is 2.18 bits per heavy atom. The fourth-order valence-corrected chi connectivity index (χ4v) is 2.18. The van der Waals surface area contributed by atoms with Crippen LogP contribution in [-0.2, 0) is 0 Å². The highest BCUT2D eigenvalue weighted by Gasteiger charge is 2.15. The summed E-state index contributed by atoms with van der Waals surface area (Å²) in [5.41, 5.74) is 1.50. The molecule has 92 valence electrons. The quantitative estimate of drug-likeness (QED) is 0.778. The molecule has 1 aromatic carbocycles. The lowest BCUT2D eigenvalue weighted by Crippen LogP contribution is -2.35. The molecular weight excluding hydrogens is 216 g/mol. The van der Waals surface area contributed by atoms with Crippen molar-refractivity contribution in [1.82, 2.24) is 5.32 Å². The Kier molecular flexibility index (Phi) is 3.98. The summed E-state index contributed by atoms with van der Waals surface area (Å²) in [6.45, 7) is 2.07. The molecule has 1 aromatic rings. The van der Waals surface area contributed by atoms with Crippen molar-refractivity contribution in [2.24, 2.45) is 0 Å². The third kappa shape index (κ3) is 2.77. The summed E-state index contributed by atoms with van der Waals surface area (Å²) in [4.78, 5) is 10.9. The lowest BCUT2D eigenvalue weighted by Gasteiger charge is -2.25. The normalized spacial score (nSPS) is 16.5. The van der Waals surface area contributed by atoms with Crippen LogP contribution in [0.15, 0.2) is 18.2 Å². The van der Waals surface area contributed by atoms with Crippen LogP contribution in [0.1, 0.15) is 23.2 Å². The molecule has 2 N–H and O–H groups in total. The van der Waals surface area contributed by atoms with Crippen LogP contribution in [0, 0.1) is 0 Å². The van der Waals surface area contributed by atoms with E-state index in [0.29, 0.717) is 17.4 Å². The zero-order valence-corrected chi connectivity index (χ0v) is 10.0. The number of carbonyl (C=O) groups is 1. The van der Waals surface area contributed by atoms with E-state index < -0.39 is 0 Å². The minimum Gasteiger partial charge on any atom is -0.494 e. The first kappa shape index (κ1) is 11.9. The number of rotatable bonds is 4. The summed E-state index contributed by atoms with van der Waals surface area (Å²) < 4.78 is 5.30. The van der Waals surface area contributed by atoms with E-state index in [-0.39, 0.29) is 0 Å². The highest BCUT2D eigenvalue weighted by molar-refractivity contribution is 5.83. The molecule has 0 atom stereocenters. The summed E-state index contributed by atoms with van der Waals surface area (Å²) in [5, 5.41) is 6.78. The molecule has 0 aromatic heterocycles. The third-order valence-corrected chi connectivity index (χ3v) is 3.08. The van der Waals surface area contributed by atoms with Gasteiger partial charge in [-0.25, -0.2) is 0 Å². The van der Waals surface area contributed by atoms with Crippen molar-refractivity contribution >= 4 is 12.0 Å². The number of hydrogen-bond donors (Lipinski definition) is 2. The van der Waals surface area contributed by atoms with Gasteiger partial charge in [-0.2, -0.15) is 0 Å². The molecule has 0 bridgehead atoms. The van der Waals surface area contributed by atoms with Gasteiger partial charge in [-0.3, -0.25) is 4.79 Å². The molecule has 4 heteroatoms. The van der Waals surface area contributed by atoms with Crippen molar-refractivity contribution in [3.63, 3.8) is 0 Å². The fraction of sp³-hybridized carbons (Fsp3) is 0.462. The standard InChI is InChI=1S/C13H18N2O2/c1-17-13-10(9-16)3-2-4-12(13)15-11-5-7-14-8-6-11/h2-4,9,11,14-15H,5-8H2,1H3. The number of ether oxygens (including phenoxy) is 1. The fourth-order valence-electron chi connectivity index (χ4n) is 2.18. The summed E-state index contributed by atoms with van der Waals surface area (Å²) in [6, 6.07) is 6.04. The maximum Gasteiger partial charge on any atom is 0.153 e. The van der Waals surface area contributed by atoms with Gasteiger partial charge in [0.2, 0.25) is 0 Å². The largest absolute Gasteiger partial charge is 0.494 e. The molecule has 0 spiro atoms. The topological polar surface area (TPSA) is 50.4 Å². The van der Waals surface area contributed by atoms with Gasteiger partial charge >= 0.3 is 0 Å². The van der Waals surface area contributed by atoms with E-state index in [9.17, 15) is 4.79 Å². The molecule has 17 heavy (non-hydrogen) atoms. The van der Waals surface area contributed by atoms with Crippen LogP contribution in [0.25, 0.3) is 0 Å². The van der Waals surface area contributed by atoms with E-state index in [0.717, 1.165) is 37.9 Å². The van der Waals surface area contributed by atoms with E-state index in [1.54, 1.807) is 13.2 Å². The second kappa shape index (κ2) is 5.68. The lowest BCUT2D eigenvalue weighted by molar-refractivity contribution is 0.112. The first-order chi connectivity index (χ1) is 8.35. The Labute approximate surface area is 101 Å². The lowest BCUT2D eigenvalue weighted by atomic mass is 10.1. The number of methoxy groups -OCH3 is 1. The number of benzene rings is 1. The minimum absolute atomic E-state index is 0.451. The zero-order valence-electron chi connectivity index (χ0n) is 10.0. The average molecular weight is 234 g/mol. The molecule has 1 aliphatic heterocycles. The van der Waals surface area contributed by atoms with Crippen molar-refractivity contribution in [3.8, 4) is 5.75 Å². The number of aldehydes is 1. The third-order valence-electron chi connectivity index (χ3n) is 3.08. The Bertz CT molecular complexity index is 387. The van der Waals surface area contributed by atoms with Crippen LogP contribution in [0.4, 0.5) is 5.69 Å². The van der Waals surface area contributed by atoms with Crippen LogP contribution in [0.3, 0.4) is 0 Å². The molecular formula is C13H18N2O2. The number of piperidine rings is 1. The SMILES string of the molecule is COc1c(C=O)cccc1NC1CCNCC1. The molecule has 1 saturated heterocycles. The summed E-state index contributed by atoms with van der Waals surface area (Å²) in [6.07, 6.45) is 3.01. The number of nitrogens with one attached hydrogen (secondary N) is 2.